The number of pyridine rings is 1. The van der Waals surface area contributed by atoms with Crippen LogP contribution >= 0.6 is 11.3 Å². The fraction of sp³-hybridized carbons (Fsp3) is 0.321. The molecule has 3 amide bonds. The van der Waals surface area contributed by atoms with Gasteiger partial charge in [-0.1, -0.05) is 18.2 Å². The van der Waals surface area contributed by atoms with Crippen LogP contribution in [-0.4, -0.2) is 71.6 Å². The zero-order valence-electron chi connectivity index (χ0n) is 22.2. The first-order valence-corrected chi connectivity index (χ1v) is 13.8. The van der Waals surface area contributed by atoms with Crippen LogP contribution in [0.3, 0.4) is 0 Å². The number of hydrogen-bond acceptors (Lipinski definition) is 8. The number of ether oxygens (including phenoxy) is 2. The molecule has 2 atom stereocenters. The minimum atomic E-state index is -1.08. The van der Waals surface area contributed by atoms with Crippen LogP contribution in [0.4, 0.5) is 4.39 Å². The molecule has 2 fully saturated rings. The second-order valence-corrected chi connectivity index (χ2v) is 10.8. The zero-order chi connectivity index (χ0) is 29.1. The van der Waals surface area contributed by atoms with Crippen molar-refractivity contribution < 1.29 is 28.2 Å². The number of benzene rings is 1. The Morgan fingerprint density at radius 2 is 1.90 bits per heavy atom. The average Bonchev–Trinajstić information content (AvgIpc) is 3.73. The van der Waals surface area contributed by atoms with Gasteiger partial charge in [-0.05, 0) is 36.8 Å². The molecule has 3 aromatic rings. The van der Waals surface area contributed by atoms with Crippen molar-refractivity contribution in [2.24, 2.45) is 5.73 Å². The Hall–Kier alpha value is -4.20. The predicted molar refractivity (Wildman–Crippen MR) is 149 cm³/mol. The van der Waals surface area contributed by atoms with Gasteiger partial charge in [-0.3, -0.25) is 24.8 Å². The van der Waals surface area contributed by atoms with Crippen LogP contribution in [0.15, 0.2) is 54.0 Å². The maximum atomic E-state index is 13.4. The highest BCUT2D eigenvalue weighted by Gasteiger charge is 2.52. The van der Waals surface area contributed by atoms with E-state index in [0.29, 0.717) is 24.3 Å². The van der Waals surface area contributed by atoms with Crippen molar-refractivity contribution in [1.82, 2.24) is 20.5 Å². The number of carbonyl (C=O) groups is 3. The van der Waals surface area contributed by atoms with Gasteiger partial charge in [0.15, 0.2) is 5.79 Å². The molecule has 0 radical (unpaired) electrons. The van der Waals surface area contributed by atoms with Gasteiger partial charge in [-0.25, -0.2) is 4.39 Å². The Balaban J connectivity index is 1.22. The molecular weight excluding hydrogens is 551 g/mol. The molecule has 0 bridgehead atoms. The lowest BCUT2D eigenvalue weighted by atomic mass is 10.1. The van der Waals surface area contributed by atoms with E-state index in [0.717, 1.165) is 10.4 Å². The quantitative estimate of drug-likeness (QED) is 0.235. The molecule has 1 spiro atoms. The lowest BCUT2D eigenvalue weighted by Gasteiger charge is -2.25. The Kier molecular flexibility index (Phi) is 8.10. The lowest BCUT2D eigenvalue weighted by molar-refractivity contribution is -0.152. The number of carbonyl (C=O) groups excluding carboxylic acids is 3. The fourth-order valence-corrected chi connectivity index (χ4v) is 5.75. The highest BCUT2D eigenvalue weighted by molar-refractivity contribution is 7.10. The van der Waals surface area contributed by atoms with Gasteiger partial charge < -0.3 is 30.7 Å². The van der Waals surface area contributed by atoms with E-state index in [4.69, 9.17) is 20.6 Å². The fourth-order valence-electron chi connectivity index (χ4n) is 4.83. The molecule has 0 aliphatic carbocycles. The van der Waals surface area contributed by atoms with Crippen LogP contribution in [0, 0.1) is 11.2 Å². The number of hydrogen-bond donors (Lipinski definition) is 4. The topological polar surface area (TPSA) is 160 Å². The van der Waals surface area contributed by atoms with Crippen LogP contribution in [0.25, 0.3) is 11.1 Å². The Bertz CT molecular complexity index is 1460. The number of halogens is 1. The van der Waals surface area contributed by atoms with Gasteiger partial charge in [-0.2, -0.15) is 0 Å². The maximum Gasteiger partial charge on any atom is 0.270 e. The molecule has 5 N–H and O–H groups in total. The average molecular weight is 581 g/mol. The highest BCUT2D eigenvalue weighted by Crippen LogP contribution is 2.35. The van der Waals surface area contributed by atoms with E-state index < -0.39 is 23.6 Å². The smallest absolute Gasteiger partial charge is 0.270 e. The largest absolute Gasteiger partial charge is 0.384 e. The van der Waals surface area contributed by atoms with Crippen LogP contribution in [0.1, 0.15) is 40.3 Å². The molecule has 2 aliphatic rings. The first-order chi connectivity index (χ1) is 19.6. The summed E-state index contributed by atoms with van der Waals surface area (Å²) in [5.41, 5.74) is 7.69. The molecule has 4 heterocycles. The van der Waals surface area contributed by atoms with Crippen LogP contribution in [0.5, 0.6) is 0 Å². The van der Waals surface area contributed by atoms with Crippen molar-refractivity contribution in [2.75, 3.05) is 26.3 Å². The molecule has 11 nitrogen and oxygen atoms in total. The monoisotopic (exact) mass is 580 g/mol. The summed E-state index contributed by atoms with van der Waals surface area (Å²) in [5.74, 6) is -2.90. The second-order valence-electron chi connectivity index (χ2n) is 9.85. The summed E-state index contributed by atoms with van der Waals surface area (Å²) in [6.45, 7) is 2.20. The molecule has 214 valence electrons. The van der Waals surface area contributed by atoms with E-state index in [1.54, 1.807) is 29.6 Å². The molecule has 2 saturated heterocycles. The molecule has 1 aromatic carbocycles. The summed E-state index contributed by atoms with van der Waals surface area (Å²) in [6.07, 6.45) is 1.65. The molecule has 5 rings (SSSR count). The van der Waals surface area contributed by atoms with Crippen LogP contribution < -0.4 is 16.4 Å². The van der Waals surface area contributed by atoms with Crippen LogP contribution in [-0.2, 0) is 19.1 Å². The van der Waals surface area contributed by atoms with Crippen molar-refractivity contribution >= 4 is 34.9 Å². The maximum absolute atomic E-state index is 13.4. The standard InChI is InChI=1S/C28H29FN6O5S/c1-16(23-10-19(14-41-23)25(30)31)34-27(38)22-11-28(39-8-9-40-28)15-35(22)24(36)13-33-26(37)21-7-4-18(12-32-21)17-2-5-20(29)6-3-17/h2-7,10,12,14,16,22H,8-9,11,13,15H2,1H3,(H3,30,31)(H,33,37)(H,34,38)/t16?,22-/m0/s1. The number of aromatic nitrogens is 1. The third kappa shape index (κ3) is 6.26. The summed E-state index contributed by atoms with van der Waals surface area (Å²) in [4.78, 5) is 45.7. The third-order valence-electron chi connectivity index (χ3n) is 7.02. The molecule has 1 unspecified atom stereocenters. The summed E-state index contributed by atoms with van der Waals surface area (Å²) >= 11 is 1.37. The SMILES string of the molecule is CC(NC(=O)[C@@H]1CC2(CN1C(=O)CNC(=O)c1ccc(-c3ccc(F)cc3)cn1)OCCO2)c1cc(C(=N)N)cs1. The number of nitrogens with one attached hydrogen (secondary N) is 3. The number of nitrogen functional groups attached to an aromatic ring is 1. The zero-order valence-corrected chi connectivity index (χ0v) is 23.0. The number of amides is 3. The third-order valence-corrected chi connectivity index (χ3v) is 8.13. The van der Waals surface area contributed by atoms with Crippen molar-refractivity contribution in [1.29, 1.82) is 5.41 Å². The number of amidine groups is 1. The van der Waals surface area contributed by atoms with Gasteiger partial charge in [0.05, 0.1) is 32.3 Å². The van der Waals surface area contributed by atoms with Crippen LogP contribution in [0.2, 0.25) is 0 Å². The van der Waals surface area contributed by atoms with E-state index in [1.165, 1.54) is 40.6 Å². The van der Waals surface area contributed by atoms with Gasteiger partial charge in [0.25, 0.3) is 5.91 Å². The van der Waals surface area contributed by atoms with E-state index in [9.17, 15) is 18.8 Å². The first kappa shape index (κ1) is 28.3. The number of rotatable bonds is 8. The van der Waals surface area contributed by atoms with E-state index in [1.807, 2.05) is 6.92 Å². The molecule has 0 saturated carbocycles. The summed E-state index contributed by atoms with van der Waals surface area (Å²) in [7, 11) is 0. The van der Waals surface area contributed by atoms with E-state index in [2.05, 4.69) is 15.6 Å². The molecule has 2 aliphatic heterocycles. The number of likely N-dealkylation sites (tertiary alicyclic amines) is 1. The number of nitrogens with two attached hydrogens (primary N) is 1. The minimum absolute atomic E-state index is 0.0479. The molecule has 2 aromatic heterocycles. The van der Waals surface area contributed by atoms with Gasteiger partial charge in [0.1, 0.15) is 23.4 Å². The second kappa shape index (κ2) is 11.7. The van der Waals surface area contributed by atoms with Gasteiger partial charge in [0.2, 0.25) is 11.8 Å². The summed E-state index contributed by atoms with van der Waals surface area (Å²) < 4.78 is 24.8. The predicted octanol–water partition coefficient (Wildman–Crippen LogP) is 2.18. The lowest BCUT2D eigenvalue weighted by Crippen LogP contribution is -2.49. The molecular formula is C28H29FN6O5S. The van der Waals surface area contributed by atoms with E-state index in [-0.39, 0.29) is 48.8 Å². The normalized spacial score (nSPS) is 18.3. The first-order valence-electron chi connectivity index (χ1n) is 12.9. The van der Waals surface area contributed by atoms with Crippen molar-refractivity contribution in [3.8, 4) is 11.1 Å². The Labute approximate surface area is 239 Å². The van der Waals surface area contributed by atoms with Crippen molar-refractivity contribution in [3.63, 3.8) is 0 Å². The minimum Gasteiger partial charge on any atom is -0.384 e. The Morgan fingerprint density at radius 3 is 2.54 bits per heavy atom. The van der Waals surface area contributed by atoms with E-state index >= 15 is 0 Å². The Morgan fingerprint density at radius 1 is 1.20 bits per heavy atom. The summed E-state index contributed by atoms with van der Waals surface area (Å²) in [6, 6.07) is 9.59. The molecule has 41 heavy (non-hydrogen) atoms. The van der Waals surface area contributed by atoms with Gasteiger partial charge in [0, 0.05) is 34.0 Å². The number of thiophene rings is 1. The van der Waals surface area contributed by atoms with Gasteiger partial charge >= 0.3 is 0 Å². The highest BCUT2D eigenvalue weighted by atomic mass is 32.1. The molecule has 13 heteroatoms. The number of nitrogens with zero attached hydrogens (tertiary/aromatic N) is 2. The van der Waals surface area contributed by atoms with Gasteiger partial charge in [-0.15, -0.1) is 11.3 Å². The van der Waals surface area contributed by atoms with Crippen molar-refractivity contribution in [3.05, 3.63) is 76.0 Å². The summed E-state index contributed by atoms with van der Waals surface area (Å²) in [5, 5.41) is 14.8. The van der Waals surface area contributed by atoms with Crippen molar-refractivity contribution in [2.45, 2.75) is 31.2 Å².